The van der Waals surface area contributed by atoms with E-state index in [1.54, 1.807) is 0 Å². The summed E-state index contributed by atoms with van der Waals surface area (Å²) in [6, 6.07) is 16.4. The Bertz CT molecular complexity index is 1000. The van der Waals surface area contributed by atoms with Crippen molar-refractivity contribution in [1.29, 1.82) is 0 Å². The van der Waals surface area contributed by atoms with Gasteiger partial charge in [-0.2, -0.15) is 0 Å². The lowest BCUT2D eigenvalue weighted by Gasteiger charge is -2.34. The molecule has 2 aliphatic rings. The van der Waals surface area contributed by atoms with Gasteiger partial charge in [-0.3, -0.25) is 9.59 Å². The van der Waals surface area contributed by atoms with Gasteiger partial charge in [-0.05, 0) is 46.9 Å². The number of carboxylic acids is 1. The number of aliphatic carboxylic acids is 1. The first-order chi connectivity index (χ1) is 17.0. The Morgan fingerprint density at radius 2 is 1.54 bits per heavy atom. The molecular formula is C27H32N2O6. The number of hydrogen-bond donors (Lipinski definition) is 3. The van der Waals surface area contributed by atoms with Gasteiger partial charge in [-0.25, -0.2) is 4.79 Å². The van der Waals surface area contributed by atoms with Crippen molar-refractivity contribution in [3.05, 3.63) is 59.7 Å². The minimum absolute atomic E-state index is 0.0194. The molecule has 2 amide bonds. The lowest BCUT2D eigenvalue weighted by atomic mass is 9.73. The first-order valence-electron chi connectivity index (χ1n) is 12.2. The lowest BCUT2D eigenvalue weighted by molar-refractivity contribution is -0.139. The van der Waals surface area contributed by atoms with Crippen LogP contribution in [-0.4, -0.2) is 56.0 Å². The summed E-state index contributed by atoms with van der Waals surface area (Å²) in [7, 11) is 0. The van der Waals surface area contributed by atoms with Crippen molar-refractivity contribution in [2.24, 2.45) is 11.8 Å². The van der Waals surface area contributed by atoms with Gasteiger partial charge >= 0.3 is 12.1 Å². The summed E-state index contributed by atoms with van der Waals surface area (Å²) in [6.07, 6.45) is 1.67. The standard InChI is InChI=1S/C27H32N2O6/c30-25(29-16-19-13-18(14-19)15-26(31)32)9-11-34-12-10-28-27(33)35-17-24-22-7-3-1-5-20(22)21-6-2-4-8-23(21)24/h1-8,18-19,24H,9-17H2,(H,28,33)(H,29,30)(H,31,32). The Balaban J connectivity index is 1.05. The monoisotopic (exact) mass is 480 g/mol. The maximum absolute atomic E-state index is 12.1. The summed E-state index contributed by atoms with van der Waals surface area (Å²) in [4.78, 5) is 34.7. The number of hydrogen-bond acceptors (Lipinski definition) is 5. The number of nitrogens with one attached hydrogen (secondary N) is 2. The number of ether oxygens (including phenoxy) is 2. The van der Waals surface area contributed by atoms with E-state index < -0.39 is 12.1 Å². The Kier molecular flexibility index (Phi) is 8.36. The fourth-order valence-electron chi connectivity index (χ4n) is 4.94. The Labute approximate surface area is 205 Å². The number of fused-ring (bicyclic) bond motifs is 3. The van der Waals surface area contributed by atoms with E-state index in [-0.39, 0.29) is 50.4 Å². The molecular weight excluding hydrogens is 448 g/mol. The highest BCUT2D eigenvalue weighted by molar-refractivity contribution is 5.79. The number of carbonyl (C=O) groups is 3. The normalized spacial score (nSPS) is 18.2. The van der Waals surface area contributed by atoms with Crippen LogP contribution in [0.1, 0.15) is 42.7 Å². The van der Waals surface area contributed by atoms with Crippen molar-refractivity contribution >= 4 is 18.0 Å². The second kappa shape index (κ2) is 11.8. The molecule has 4 rings (SSSR count). The molecule has 0 unspecified atom stereocenters. The lowest BCUT2D eigenvalue weighted by Crippen LogP contribution is -2.37. The molecule has 0 bridgehead atoms. The summed E-state index contributed by atoms with van der Waals surface area (Å²) in [5.74, 6) is -0.225. The minimum Gasteiger partial charge on any atom is -0.481 e. The molecule has 3 N–H and O–H groups in total. The largest absolute Gasteiger partial charge is 0.481 e. The average molecular weight is 481 g/mol. The summed E-state index contributed by atoms with van der Waals surface area (Å²) in [5.41, 5.74) is 4.70. The molecule has 35 heavy (non-hydrogen) atoms. The Hall–Kier alpha value is -3.39. The topological polar surface area (TPSA) is 114 Å². The zero-order valence-corrected chi connectivity index (χ0v) is 19.7. The van der Waals surface area contributed by atoms with E-state index in [1.165, 1.54) is 22.3 Å². The van der Waals surface area contributed by atoms with E-state index in [0.717, 1.165) is 12.8 Å². The molecule has 1 saturated carbocycles. The highest BCUT2D eigenvalue weighted by atomic mass is 16.5. The zero-order chi connectivity index (χ0) is 24.6. The van der Waals surface area contributed by atoms with Crippen molar-refractivity contribution in [3.63, 3.8) is 0 Å². The van der Waals surface area contributed by atoms with Crippen LogP contribution in [0.5, 0.6) is 0 Å². The van der Waals surface area contributed by atoms with Gasteiger partial charge < -0.3 is 25.2 Å². The van der Waals surface area contributed by atoms with E-state index in [0.29, 0.717) is 19.0 Å². The first kappa shape index (κ1) is 24.7. The number of amides is 2. The summed E-state index contributed by atoms with van der Waals surface area (Å²) in [5, 5.41) is 14.3. The predicted molar refractivity (Wildman–Crippen MR) is 130 cm³/mol. The van der Waals surface area contributed by atoms with Crippen molar-refractivity contribution in [2.75, 3.05) is 32.9 Å². The molecule has 2 aliphatic carbocycles. The molecule has 0 aromatic heterocycles. The van der Waals surface area contributed by atoms with Crippen LogP contribution >= 0.6 is 0 Å². The minimum atomic E-state index is -0.761. The second-order valence-electron chi connectivity index (χ2n) is 9.22. The molecule has 1 fully saturated rings. The van der Waals surface area contributed by atoms with Crippen molar-refractivity contribution < 1.29 is 29.0 Å². The van der Waals surface area contributed by atoms with Gasteiger partial charge in [0, 0.05) is 31.8 Å². The quantitative estimate of drug-likeness (QED) is 0.401. The highest BCUT2D eigenvalue weighted by Crippen LogP contribution is 2.44. The fraction of sp³-hybridized carbons (Fsp3) is 0.444. The maximum Gasteiger partial charge on any atom is 0.407 e. The van der Waals surface area contributed by atoms with Crippen LogP contribution in [0.2, 0.25) is 0 Å². The van der Waals surface area contributed by atoms with E-state index in [9.17, 15) is 14.4 Å². The van der Waals surface area contributed by atoms with Gasteiger partial charge in [0.25, 0.3) is 0 Å². The third kappa shape index (κ3) is 6.60. The SMILES string of the molecule is O=C(O)CC1CC(CNC(=O)CCOCCNC(=O)OCC2c3ccccc3-c3ccccc32)C1. The van der Waals surface area contributed by atoms with Crippen LogP contribution in [0.25, 0.3) is 11.1 Å². The van der Waals surface area contributed by atoms with E-state index in [1.807, 2.05) is 24.3 Å². The van der Waals surface area contributed by atoms with Gasteiger partial charge in [0.15, 0.2) is 0 Å². The molecule has 2 aromatic carbocycles. The summed E-state index contributed by atoms with van der Waals surface area (Å²) < 4.78 is 10.9. The molecule has 0 spiro atoms. The number of alkyl carbamates (subject to hydrolysis) is 1. The summed E-state index contributed by atoms with van der Waals surface area (Å²) >= 11 is 0. The van der Waals surface area contributed by atoms with Crippen LogP contribution in [0.4, 0.5) is 4.79 Å². The molecule has 0 aliphatic heterocycles. The van der Waals surface area contributed by atoms with Crippen LogP contribution in [0, 0.1) is 11.8 Å². The van der Waals surface area contributed by atoms with Gasteiger partial charge in [0.05, 0.1) is 13.2 Å². The van der Waals surface area contributed by atoms with E-state index >= 15 is 0 Å². The molecule has 186 valence electrons. The van der Waals surface area contributed by atoms with Gasteiger partial charge in [-0.1, -0.05) is 48.5 Å². The second-order valence-corrected chi connectivity index (χ2v) is 9.22. The Morgan fingerprint density at radius 3 is 2.20 bits per heavy atom. The third-order valence-electron chi connectivity index (χ3n) is 6.72. The van der Waals surface area contributed by atoms with Crippen molar-refractivity contribution in [3.8, 4) is 11.1 Å². The van der Waals surface area contributed by atoms with E-state index in [2.05, 4.69) is 34.9 Å². The van der Waals surface area contributed by atoms with Gasteiger partial charge in [0.2, 0.25) is 5.91 Å². The molecule has 0 saturated heterocycles. The molecule has 0 atom stereocenters. The van der Waals surface area contributed by atoms with Gasteiger partial charge in [-0.15, -0.1) is 0 Å². The molecule has 0 radical (unpaired) electrons. The zero-order valence-electron chi connectivity index (χ0n) is 19.7. The molecule has 2 aromatic rings. The third-order valence-corrected chi connectivity index (χ3v) is 6.72. The van der Waals surface area contributed by atoms with E-state index in [4.69, 9.17) is 14.6 Å². The fourth-order valence-corrected chi connectivity index (χ4v) is 4.94. The number of carboxylic acid groups (broad SMARTS) is 1. The predicted octanol–water partition coefficient (Wildman–Crippen LogP) is 3.55. The Morgan fingerprint density at radius 1 is 0.886 bits per heavy atom. The summed E-state index contributed by atoms with van der Waals surface area (Å²) in [6.45, 7) is 1.70. The molecule has 8 nitrogen and oxygen atoms in total. The number of rotatable bonds is 12. The van der Waals surface area contributed by atoms with Crippen LogP contribution in [-0.2, 0) is 19.1 Å². The molecule has 8 heteroatoms. The van der Waals surface area contributed by atoms with Crippen LogP contribution < -0.4 is 10.6 Å². The van der Waals surface area contributed by atoms with Crippen LogP contribution in [0.3, 0.4) is 0 Å². The van der Waals surface area contributed by atoms with Crippen LogP contribution in [0.15, 0.2) is 48.5 Å². The maximum atomic E-state index is 12.1. The molecule has 0 heterocycles. The highest BCUT2D eigenvalue weighted by Gasteiger charge is 2.31. The smallest absolute Gasteiger partial charge is 0.407 e. The van der Waals surface area contributed by atoms with Crippen molar-refractivity contribution in [2.45, 2.75) is 31.6 Å². The van der Waals surface area contributed by atoms with Crippen molar-refractivity contribution in [1.82, 2.24) is 10.6 Å². The first-order valence-corrected chi connectivity index (χ1v) is 12.2. The number of benzene rings is 2. The van der Waals surface area contributed by atoms with Gasteiger partial charge in [0.1, 0.15) is 6.61 Å². The average Bonchev–Trinajstić information content (AvgIpc) is 3.15. The number of carbonyl (C=O) groups excluding carboxylic acids is 2.